The number of hydrogen-bond donors (Lipinski definition) is 1. The molecule has 4 heteroatoms. The van der Waals surface area contributed by atoms with E-state index in [1.807, 2.05) is 38.1 Å². The van der Waals surface area contributed by atoms with E-state index in [9.17, 15) is 4.79 Å². The summed E-state index contributed by atoms with van der Waals surface area (Å²) in [4.78, 5) is 11.6. The highest BCUT2D eigenvalue weighted by Gasteiger charge is 2.23. The van der Waals surface area contributed by atoms with E-state index >= 15 is 0 Å². The number of aryl methyl sites for hydroxylation is 1. The molecule has 1 aromatic carbocycles. The van der Waals surface area contributed by atoms with E-state index in [-0.39, 0.29) is 12.3 Å². The van der Waals surface area contributed by atoms with Crippen molar-refractivity contribution in [2.45, 2.75) is 39.2 Å². The highest BCUT2D eigenvalue weighted by Crippen LogP contribution is 2.27. The summed E-state index contributed by atoms with van der Waals surface area (Å²) in [6.07, 6.45) is 0.736. The molecule has 19 heavy (non-hydrogen) atoms. The van der Waals surface area contributed by atoms with Gasteiger partial charge in [0.15, 0.2) is 0 Å². The van der Waals surface area contributed by atoms with Gasteiger partial charge in [-0.15, -0.1) is 0 Å². The SMILES string of the molecule is CCc1cc(C(C)(C)NC(=O)CC#N)ccc1OC. The van der Waals surface area contributed by atoms with Crippen molar-refractivity contribution in [3.8, 4) is 11.8 Å². The van der Waals surface area contributed by atoms with Gasteiger partial charge in [-0.1, -0.05) is 13.0 Å². The van der Waals surface area contributed by atoms with Gasteiger partial charge < -0.3 is 10.1 Å². The highest BCUT2D eigenvalue weighted by molar-refractivity contribution is 5.79. The van der Waals surface area contributed by atoms with Gasteiger partial charge in [-0.2, -0.15) is 5.26 Å². The normalized spacial score (nSPS) is 10.7. The Morgan fingerprint density at radius 3 is 2.68 bits per heavy atom. The molecule has 0 spiro atoms. The number of amides is 1. The third-order valence-corrected chi connectivity index (χ3v) is 3.07. The lowest BCUT2D eigenvalue weighted by Gasteiger charge is -2.27. The van der Waals surface area contributed by atoms with Crippen LogP contribution in [0.1, 0.15) is 38.3 Å². The van der Waals surface area contributed by atoms with Gasteiger partial charge in [-0.3, -0.25) is 4.79 Å². The van der Waals surface area contributed by atoms with Gasteiger partial charge in [-0.25, -0.2) is 0 Å². The molecular formula is C15H20N2O2. The molecule has 102 valence electrons. The summed E-state index contributed by atoms with van der Waals surface area (Å²) in [6.45, 7) is 5.90. The van der Waals surface area contributed by atoms with Gasteiger partial charge in [-0.05, 0) is 43.5 Å². The molecule has 1 aromatic rings. The van der Waals surface area contributed by atoms with Crippen molar-refractivity contribution in [2.75, 3.05) is 7.11 Å². The molecule has 4 nitrogen and oxygen atoms in total. The average Bonchev–Trinajstić information content (AvgIpc) is 2.37. The molecule has 1 N–H and O–H groups in total. The van der Waals surface area contributed by atoms with Crippen LogP contribution < -0.4 is 10.1 Å². The van der Waals surface area contributed by atoms with Crippen molar-refractivity contribution < 1.29 is 9.53 Å². The first-order valence-corrected chi connectivity index (χ1v) is 6.30. The van der Waals surface area contributed by atoms with Crippen LogP contribution in [0.25, 0.3) is 0 Å². The number of carbonyl (C=O) groups excluding carboxylic acids is 1. The molecule has 0 aromatic heterocycles. The van der Waals surface area contributed by atoms with Crippen LogP contribution in [0.5, 0.6) is 5.75 Å². The minimum Gasteiger partial charge on any atom is -0.496 e. The molecule has 0 bridgehead atoms. The van der Waals surface area contributed by atoms with E-state index in [0.29, 0.717) is 0 Å². The summed E-state index contributed by atoms with van der Waals surface area (Å²) in [5, 5.41) is 11.4. The molecule has 1 rings (SSSR count). The average molecular weight is 260 g/mol. The molecule has 0 aliphatic carbocycles. The number of rotatable bonds is 5. The van der Waals surface area contributed by atoms with E-state index in [1.54, 1.807) is 7.11 Å². The molecule has 0 saturated heterocycles. The van der Waals surface area contributed by atoms with E-state index in [4.69, 9.17) is 10.00 Å². The van der Waals surface area contributed by atoms with E-state index in [1.165, 1.54) is 0 Å². The van der Waals surface area contributed by atoms with Gasteiger partial charge in [0.05, 0.1) is 18.7 Å². The van der Waals surface area contributed by atoms with Crippen molar-refractivity contribution in [2.24, 2.45) is 0 Å². The fourth-order valence-electron chi connectivity index (χ4n) is 1.98. The Morgan fingerprint density at radius 2 is 2.16 bits per heavy atom. The fourth-order valence-corrected chi connectivity index (χ4v) is 1.98. The maximum atomic E-state index is 11.6. The van der Waals surface area contributed by atoms with E-state index in [0.717, 1.165) is 23.3 Å². The lowest BCUT2D eigenvalue weighted by molar-refractivity contribution is -0.121. The first-order chi connectivity index (χ1) is 8.94. The first kappa shape index (κ1) is 15.0. The molecule has 0 radical (unpaired) electrons. The minimum absolute atomic E-state index is 0.125. The second-order valence-corrected chi connectivity index (χ2v) is 4.89. The monoisotopic (exact) mass is 260 g/mol. The van der Waals surface area contributed by atoms with Crippen LogP contribution in [0.2, 0.25) is 0 Å². The van der Waals surface area contributed by atoms with Crippen LogP contribution in [-0.4, -0.2) is 13.0 Å². The maximum absolute atomic E-state index is 11.6. The molecule has 0 heterocycles. The molecule has 0 unspecified atom stereocenters. The second kappa shape index (κ2) is 6.24. The van der Waals surface area contributed by atoms with E-state index in [2.05, 4.69) is 12.2 Å². The van der Waals surface area contributed by atoms with E-state index < -0.39 is 5.54 Å². The third kappa shape index (κ3) is 3.72. The summed E-state index contributed by atoms with van der Waals surface area (Å²) in [6, 6.07) is 7.73. The Labute approximate surface area is 114 Å². The predicted molar refractivity (Wildman–Crippen MR) is 73.8 cm³/mol. The number of carbonyl (C=O) groups is 1. The van der Waals surface area contributed by atoms with Crippen molar-refractivity contribution in [1.29, 1.82) is 5.26 Å². The third-order valence-electron chi connectivity index (χ3n) is 3.07. The zero-order chi connectivity index (χ0) is 14.5. The van der Waals surface area contributed by atoms with Crippen LogP contribution in [0, 0.1) is 11.3 Å². The van der Waals surface area contributed by atoms with Gasteiger partial charge >= 0.3 is 0 Å². The standard InChI is InChI=1S/C15H20N2O2/c1-5-11-10-12(6-7-13(11)19-4)15(2,3)17-14(18)8-9-16/h6-7,10H,5,8H2,1-4H3,(H,17,18). The zero-order valence-corrected chi connectivity index (χ0v) is 11.9. The number of nitriles is 1. The molecule has 0 atom stereocenters. The molecule has 0 aliphatic heterocycles. The predicted octanol–water partition coefficient (Wildman–Crippen LogP) is 2.52. The number of benzene rings is 1. The molecule has 0 saturated carbocycles. The number of nitrogens with one attached hydrogen (secondary N) is 1. The summed E-state index contributed by atoms with van der Waals surface area (Å²) in [7, 11) is 1.65. The van der Waals surface area contributed by atoms with Crippen molar-refractivity contribution >= 4 is 5.91 Å². The summed E-state index contributed by atoms with van der Waals surface area (Å²) in [5.74, 6) is 0.590. The van der Waals surface area contributed by atoms with Crippen molar-refractivity contribution in [3.05, 3.63) is 29.3 Å². The van der Waals surface area contributed by atoms with Crippen LogP contribution in [0.15, 0.2) is 18.2 Å². The Bertz CT molecular complexity index is 501. The maximum Gasteiger partial charge on any atom is 0.234 e. The van der Waals surface area contributed by atoms with Crippen LogP contribution in [0.4, 0.5) is 0 Å². The summed E-state index contributed by atoms with van der Waals surface area (Å²) >= 11 is 0. The topological polar surface area (TPSA) is 62.1 Å². The second-order valence-electron chi connectivity index (χ2n) is 4.89. The van der Waals surface area contributed by atoms with Gasteiger partial charge in [0.2, 0.25) is 5.91 Å². The first-order valence-electron chi connectivity index (χ1n) is 6.30. The van der Waals surface area contributed by atoms with Crippen molar-refractivity contribution in [3.63, 3.8) is 0 Å². The molecular weight excluding hydrogens is 240 g/mol. The van der Waals surface area contributed by atoms with Crippen LogP contribution >= 0.6 is 0 Å². The smallest absolute Gasteiger partial charge is 0.234 e. The quantitative estimate of drug-likeness (QED) is 0.884. The highest BCUT2D eigenvalue weighted by atomic mass is 16.5. The summed E-state index contributed by atoms with van der Waals surface area (Å²) in [5.41, 5.74) is 1.59. The molecule has 0 aliphatic rings. The van der Waals surface area contributed by atoms with Gasteiger partial charge in [0.25, 0.3) is 0 Å². The lowest BCUT2D eigenvalue weighted by Crippen LogP contribution is -2.40. The van der Waals surface area contributed by atoms with Crippen LogP contribution in [-0.2, 0) is 16.8 Å². The number of ether oxygens (including phenoxy) is 1. The Kier molecular flexibility index (Phi) is 4.94. The lowest BCUT2D eigenvalue weighted by atomic mass is 9.91. The van der Waals surface area contributed by atoms with Crippen LogP contribution in [0.3, 0.4) is 0 Å². The fraction of sp³-hybridized carbons (Fsp3) is 0.467. The van der Waals surface area contributed by atoms with Gasteiger partial charge in [0.1, 0.15) is 12.2 Å². The molecule has 1 amide bonds. The Hall–Kier alpha value is -2.02. The Balaban J connectivity index is 3.01. The number of hydrogen-bond acceptors (Lipinski definition) is 3. The number of nitrogens with zero attached hydrogens (tertiary/aromatic N) is 1. The zero-order valence-electron chi connectivity index (χ0n) is 11.9. The summed E-state index contributed by atoms with van der Waals surface area (Å²) < 4.78 is 5.29. The minimum atomic E-state index is -0.510. The van der Waals surface area contributed by atoms with Gasteiger partial charge in [0, 0.05) is 0 Å². The van der Waals surface area contributed by atoms with Crippen molar-refractivity contribution in [1.82, 2.24) is 5.32 Å². The Morgan fingerprint density at radius 1 is 1.47 bits per heavy atom. The number of methoxy groups -OCH3 is 1. The largest absolute Gasteiger partial charge is 0.496 e. The molecule has 0 fully saturated rings.